The van der Waals surface area contributed by atoms with Gasteiger partial charge in [-0.3, -0.25) is 4.79 Å². The second-order valence-electron chi connectivity index (χ2n) is 3.48. The number of alkyl halides is 6. The zero-order valence-electron chi connectivity index (χ0n) is 9.62. The van der Waals surface area contributed by atoms with Crippen molar-refractivity contribution in [1.29, 1.82) is 0 Å². The molecule has 1 aromatic carbocycles. The summed E-state index contributed by atoms with van der Waals surface area (Å²) in [5.74, 6) is -3.02. The van der Waals surface area contributed by atoms with Gasteiger partial charge in [0.1, 0.15) is 5.75 Å². The van der Waals surface area contributed by atoms with E-state index in [1.54, 1.807) is 0 Å². The first-order valence-corrected chi connectivity index (χ1v) is 5.59. The second kappa shape index (κ2) is 5.51. The van der Waals surface area contributed by atoms with Gasteiger partial charge in [0, 0.05) is 10.5 Å². The number of nitrogens with one attached hydrogen (secondary N) is 1. The standard InChI is InChI=1S/C10H6BrF6NO2/c1-20-7-3-6(18-8(19)10(15,16)17)5(11)2-4(7)9(12,13)14/h2-3H,1H3,(H,18,19). The number of carbonyl (C=O) groups is 1. The number of methoxy groups -OCH3 is 1. The van der Waals surface area contributed by atoms with Crippen LogP contribution in [-0.4, -0.2) is 19.2 Å². The number of benzene rings is 1. The minimum Gasteiger partial charge on any atom is -0.496 e. The van der Waals surface area contributed by atoms with Crippen molar-refractivity contribution in [3.05, 3.63) is 22.2 Å². The Labute approximate surface area is 117 Å². The Morgan fingerprint density at radius 2 is 1.75 bits per heavy atom. The lowest BCUT2D eigenvalue weighted by Crippen LogP contribution is -2.30. The van der Waals surface area contributed by atoms with E-state index in [1.807, 2.05) is 0 Å². The van der Waals surface area contributed by atoms with Crippen LogP contribution in [0.25, 0.3) is 0 Å². The van der Waals surface area contributed by atoms with E-state index >= 15 is 0 Å². The largest absolute Gasteiger partial charge is 0.496 e. The summed E-state index contributed by atoms with van der Waals surface area (Å²) in [6.45, 7) is 0. The summed E-state index contributed by atoms with van der Waals surface area (Å²) in [5, 5.41) is 1.45. The molecule has 112 valence electrons. The molecule has 0 saturated carbocycles. The number of anilines is 1. The molecule has 0 atom stereocenters. The van der Waals surface area contributed by atoms with Crippen molar-refractivity contribution in [2.24, 2.45) is 0 Å². The molecule has 1 amide bonds. The van der Waals surface area contributed by atoms with Crippen molar-refractivity contribution in [3.8, 4) is 5.75 Å². The van der Waals surface area contributed by atoms with Gasteiger partial charge in [-0.25, -0.2) is 0 Å². The number of carbonyl (C=O) groups excluding carboxylic acids is 1. The number of ether oxygens (including phenoxy) is 1. The van der Waals surface area contributed by atoms with Gasteiger partial charge in [0.25, 0.3) is 0 Å². The zero-order chi connectivity index (χ0) is 15.7. The minimum atomic E-state index is -5.16. The monoisotopic (exact) mass is 365 g/mol. The third-order valence-corrected chi connectivity index (χ3v) is 2.76. The molecule has 20 heavy (non-hydrogen) atoms. The fourth-order valence-electron chi connectivity index (χ4n) is 1.23. The summed E-state index contributed by atoms with van der Waals surface area (Å²) in [5.41, 5.74) is -1.67. The molecule has 10 heteroatoms. The molecule has 0 unspecified atom stereocenters. The van der Waals surface area contributed by atoms with Crippen LogP contribution in [0.5, 0.6) is 5.75 Å². The Morgan fingerprint density at radius 1 is 1.20 bits per heavy atom. The van der Waals surface area contributed by atoms with Crippen molar-refractivity contribution in [1.82, 2.24) is 0 Å². The summed E-state index contributed by atoms with van der Waals surface area (Å²) in [6.07, 6.45) is -9.91. The average molecular weight is 366 g/mol. The van der Waals surface area contributed by atoms with Crippen LogP contribution < -0.4 is 10.1 Å². The first-order chi connectivity index (χ1) is 8.96. The zero-order valence-corrected chi connectivity index (χ0v) is 11.2. The fourth-order valence-corrected chi connectivity index (χ4v) is 1.68. The third kappa shape index (κ3) is 3.78. The number of hydrogen-bond donors (Lipinski definition) is 1. The van der Waals surface area contributed by atoms with E-state index in [2.05, 4.69) is 20.7 Å². The Hall–Kier alpha value is -1.45. The SMILES string of the molecule is COc1cc(NC(=O)C(F)(F)F)c(Br)cc1C(F)(F)F. The molecule has 3 nitrogen and oxygen atoms in total. The van der Waals surface area contributed by atoms with Crippen LogP contribution in [0.1, 0.15) is 5.56 Å². The van der Waals surface area contributed by atoms with Crippen LogP contribution in [0.2, 0.25) is 0 Å². The predicted molar refractivity (Wildman–Crippen MR) is 60.4 cm³/mol. The maximum atomic E-state index is 12.6. The molecule has 0 radical (unpaired) electrons. The number of halogens is 7. The molecule has 0 aliphatic rings. The van der Waals surface area contributed by atoms with Crippen molar-refractivity contribution >= 4 is 27.5 Å². The lowest BCUT2D eigenvalue weighted by atomic mass is 10.1. The van der Waals surface area contributed by atoms with Gasteiger partial charge >= 0.3 is 18.3 Å². The Kier molecular flexibility index (Phi) is 4.57. The smallest absolute Gasteiger partial charge is 0.471 e. The van der Waals surface area contributed by atoms with E-state index < -0.39 is 35.3 Å². The quantitative estimate of drug-likeness (QED) is 0.805. The normalized spacial score (nSPS) is 12.2. The van der Waals surface area contributed by atoms with Gasteiger partial charge < -0.3 is 10.1 Å². The van der Waals surface area contributed by atoms with Gasteiger partial charge in [-0.1, -0.05) is 0 Å². The van der Waals surface area contributed by atoms with E-state index in [9.17, 15) is 31.1 Å². The molecular weight excluding hydrogens is 360 g/mol. The summed E-state index contributed by atoms with van der Waals surface area (Å²) in [7, 11) is 0.924. The molecule has 1 aromatic rings. The van der Waals surface area contributed by atoms with Gasteiger partial charge in [0.2, 0.25) is 0 Å². The van der Waals surface area contributed by atoms with Crippen LogP contribution in [-0.2, 0) is 11.0 Å². The highest BCUT2D eigenvalue weighted by molar-refractivity contribution is 9.10. The van der Waals surface area contributed by atoms with E-state index in [1.165, 1.54) is 5.32 Å². The summed E-state index contributed by atoms with van der Waals surface area (Å²) in [4.78, 5) is 10.7. The lowest BCUT2D eigenvalue weighted by molar-refractivity contribution is -0.167. The molecule has 1 rings (SSSR count). The van der Waals surface area contributed by atoms with Crippen molar-refractivity contribution in [2.75, 3.05) is 12.4 Å². The predicted octanol–water partition coefficient (Wildman–Crippen LogP) is 3.98. The molecule has 0 heterocycles. The number of hydrogen-bond acceptors (Lipinski definition) is 2. The van der Waals surface area contributed by atoms with Gasteiger partial charge in [0.15, 0.2) is 0 Å². The van der Waals surface area contributed by atoms with Crippen LogP contribution in [0, 0.1) is 0 Å². The van der Waals surface area contributed by atoms with Gasteiger partial charge in [-0.2, -0.15) is 26.3 Å². The van der Waals surface area contributed by atoms with Crippen LogP contribution >= 0.6 is 15.9 Å². The molecule has 0 aromatic heterocycles. The summed E-state index contributed by atoms with van der Waals surface area (Å²) >= 11 is 2.66. The maximum absolute atomic E-state index is 12.6. The number of amides is 1. The minimum absolute atomic E-state index is 0.358. The highest BCUT2D eigenvalue weighted by Gasteiger charge is 2.40. The van der Waals surface area contributed by atoms with Crippen LogP contribution in [0.4, 0.5) is 32.0 Å². The Bertz CT molecular complexity index is 526. The molecular formula is C10H6BrF6NO2. The average Bonchev–Trinajstić information content (AvgIpc) is 2.28. The molecule has 0 spiro atoms. The molecule has 1 N–H and O–H groups in total. The molecule has 0 bridgehead atoms. The summed E-state index contributed by atoms with van der Waals surface area (Å²) < 4.78 is 78.2. The number of rotatable bonds is 2. The molecule has 0 saturated heterocycles. The second-order valence-corrected chi connectivity index (χ2v) is 4.34. The Balaban J connectivity index is 3.22. The maximum Gasteiger partial charge on any atom is 0.471 e. The fraction of sp³-hybridized carbons (Fsp3) is 0.300. The molecule has 0 fully saturated rings. The van der Waals surface area contributed by atoms with E-state index in [4.69, 9.17) is 0 Å². The highest BCUT2D eigenvalue weighted by atomic mass is 79.9. The van der Waals surface area contributed by atoms with Crippen molar-refractivity contribution in [2.45, 2.75) is 12.4 Å². The van der Waals surface area contributed by atoms with E-state index in [-0.39, 0.29) is 4.47 Å². The van der Waals surface area contributed by atoms with Crippen molar-refractivity contribution in [3.63, 3.8) is 0 Å². The van der Waals surface area contributed by atoms with Crippen LogP contribution in [0.3, 0.4) is 0 Å². The molecule has 0 aliphatic carbocycles. The van der Waals surface area contributed by atoms with Gasteiger partial charge in [-0.15, -0.1) is 0 Å². The topological polar surface area (TPSA) is 38.3 Å². The summed E-state index contributed by atoms with van der Waals surface area (Å²) in [6, 6.07) is 1.17. The van der Waals surface area contributed by atoms with Crippen molar-refractivity contribution < 1.29 is 35.9 Å². The molecule has 0 aliphatic heterocycles. The van der Waals surface area contributed by atoms with Crippen LogP contribution in [0.15, 0.2) is 16.6 Å². The first kappa shape index (κ1) is 16.6. The highest BCUT2D eigenvalue weighted by Crippen LogP contribution is 2.41. The third-order valence-electron chi connectivity index (χ3n) is 2.10. The first-order valence-electron chi connectivity index (χ1n) is 4.79. The van der Waals surface area contributed by atoms with E-state index in [0.29, 0.717) is 12.1 Å². The van der Waals surface area contributed by atoms with Gasteiger partial charge in [0.05, 0.1) is 18.4 Å². The van der Waals surface area contributed by atoms with Gasteiger partial charge in [-0.05, 0) is 22.0 Å². The Morgan fingerprint density at radius 3 is 2.15 bits per heavy atom. The van der Waals surface area contributed by atoms with E-state index in [0.717, 1.165) is 7.11 Å². The lowest BCUT2D eigenvalue weighted by Gasteiger charge is -2.16.